The van der Waals surface area contributed by atoms with Crippen LogP contribution in [0.4, 0.5) is 0 Å². The lowest BCUT2D eigenvalue weighted by Crippen LogP contribution is -2.48. The van der Waals surface area contributed by atoms with Crippen molar-refractivity contribution >= 4 is 16.8 Å². The van der Waals surface area contributed by atoms with Crippen molar-refractivity contribution in [2.24, 2.45) is 0 Å². The number of para-hydroxylation sites is 1. The quantitative estimate of drug-likeness (QED) is 0.683. The van der Waals surface area contributed by atoms with E-state index in [0.29, 0.717) is 6.54 Å². The number of hydrogen-bond donors (Lipinski definition) is 0. The number of amides is 1. The largest absolute Gasteiger partial charge is 0.495 e. The molecule has 1 aliphatic rings. The molecule has 146 valence electrons. The lowest BCUT2D eigenvalue weighted by atomic mass is 10.1. The van der Waals surface area contributed by atoms with Crippen LogP contribution in [0.15, 0.2) is 54.7 Å². The highest BCUT2D eigenvalue weighted by Gasteiger charge is 2.25. The molecule has 4 rings (SSSR count). The Hall–Kier alpha value is -2.79. The van der Waals surface area contributed by atoms with E-state index in [-0.39, 0.29) is 5.91 Å². The van der Waals surface area contributed by atoms with Crippen molar-refractivity contribution in [3.63, 3.8) is 0 Å². The number of ether oxygens (including phenoxy) is 1. The SMILES string of the molecule is CCN1CCN(C(=O)c2cn(Cc3ccccc3)c3c(OC)cccc23)CC1. The molecule has 1 amide bonds. The summed E-state index contributed by atoms with van der Waals surface area (Å²) in [7, 11) is 1.68. The summed E-state index contributed by atoms with van der Waals surface area (Å²) in [5, 5.41) is 0.957. The highest BCUT2D eigenvalue weighted by molar-refractivity contribution is 6.08. The molecule has 0 unspecified atom stereocenters. The average Bonchev–Trinajstić information content (AvgIpc) is 3.12. The smallest absolute Gasteiger partial charge is 0.256 e. The molecule has 0 bridgehead atoms. The topological polar surface area (TPSA) is 37.7 Å². The molecule has 0 aliphatic carbocycles. The number of aromatic nitrogens is 1. The van der Waals surface area contributed by atoms with Gasteiger partial charge in [0.15, 0.2) is 0 Å². The fourth-order valence-electron chi connectivity index (χ4n) is 4.00. The number of carbonyl (C=O) groups is 1. The number of hydrogen-bond acceptors (Lipinski definition) is 3. The van der Waals surface area contributed by atoms with Crippen LogP contribution < -0.4 is 4.74 Å². The zero-order valence-electron chi connectivity index (χ0n) is 16.6. The fraction of sp³-hybridized carbons (Fsp3) is 0.348. The maximum absolute atomic E-state index is 13.3. The normalized spacial score (nSPS) is 15.1. The van der Waals surface area contributed by atoms with Crippen molar-refractivity contribution in [3.05, 3.63) is 65.9 Å². The number of piperazine rings is 1. The van der Waals surface area contributed by atoms with Gasteiger partial charge in [0.1, 0.15) is 5.75 Å². The van der Waals surface area contributed by atoms with Crippen molar-refractivity contribution in [1.29, 1.82) is 0 Å². The number of rotatable bonds is 5. The van der Waals surface area contributed by atoms with Gasteiger partial charge in [-0.2, -0.15) is 0 Å². The summed E-state index contributed by atoms with van der Waals surface area (Å²) < 4.78 is 7.76. The van der Waals surface area contributed by atoms with E-state index < -0.39 is 0 Å². The van der Waals surface area contributed by atoms with Crippen LogP contribution >= 0.6 is 0 Å². The first kappa shape index (κ1) is 18.6. The summed E-state index contributed by atoms with van der Waals surface area (Å²) in [6.07, 6.45) is 1.99. The summed E-state index contributed by atoms with van der Waals surface area (Å²) in [5.41, 5.74) is 2.93. The Balaban J connectivity index is 1.71. The van der Waals surface area contributed by atoms with E-state index in [0.717, 1.165) is 54.9 Å². The molecule has 0 N–H and O–H groups in total. The van der Waals surface area contributed by atoms with E-state index in [1.165, 1.54) is 5.56 Å². The molecule has 28 heavy (non-hydrogen) atoms. The molecular weight excluding hydrogens is 350 g/mol. The van der Waals surface area contributed by atoms with Gasteiger partial charge < -0.3 is 19.1 Å². The van der Waals surface area contributed by atoms with Crippen molar-refractivity contribution in [1.82, 2.24) is 14.4 Å². The first-order chi connectivity index (χ1) is 13.7. The van der Waals surface area contributed by atoms with E-state index in [4.69, 9.17) is 4.74 Å². The molecule has 2 aromatic carbocycles. The molecule has 0 atom stereocenters. The second-order valence-electron chi connectivity index (χ2n) is 7.24. The third-order valence-electron chi connectivity index (χ3n) is 5.61. The van der Waals surface area contributed by atoms with Crippen molar-refractivity contribution in [3.8, 4) is 5.75 Å². The molecule has 0 radical (unpaired) electrons. The van der Waals surface area contributed by atoms with E-state index in [1.807, 2.05) is 47.5 Å². The predicted octanol–water partition coefficient (Wildman–Crippen LogP) is 3.48. The van der Waals surface area contributed by atoms with E-state index in [9.17, 15) is 4.79 Å². The lowest BCUT2D eigenvalue weighted by molar-refractivity contribution is 0.0645. The summed E-state index contributed by atoms with van der Waals surface area (Å²) in [5.74, 6) is 0.907. The molecular formula is C23H27N3O2. The number of benzene rings is 2. The van der Waals surface area contributed by atoms with Crippen LogP contribution in [0.2, 0.25) is 0 Å². The molecule has 0 saturated carbocycles. The van der Waals surface area contributed by atoms with Crippen molar-refractivity contribution in [2.45, 2.75) is 13.5 Å². The highest BCUT2D eigenvalue weighted by atomic mass is 16.5. The number of carbonyl (C=O) groups excluding carboxylic acids is 1. The lowest BCUT2D eigenvalue weighted by Gasteiger charge is -2.34. The van der Waals surface area contributed by atoms with Gasteiger partial charge in [0.25, 0.3) is 5.91 Å². The van der Waals surface area contributed by atoms with Crippen LogP contribution in [0.25, 0.3) is 10.9 Å². The monoisotopic (exact) mass is 377 g/mol. The van der Waals surface area contributed by atoms with Crippen LogP contribution in [0.5, 0.6) is 5.75 Å². The molecule has 1 aliphatic heterocycles. The second-order valence-corrected chi connectivity index (χ2v) is 7.24. The van der Waals surface area contributed by atoms with Crippen LogP contribution in [0, 0.1) is 0 Å². The molecule has 3 aromatic rings. The Morgan fingerprint density at radius 3 is 2.43 bits per heavy atom. The van der Waals surface area contributed by atoms with Gasteiger partial charge >= 0.3 is 0 Å². The second kappa shape index (κ2) is 8.07. The summed E-state index contributed by atoms with van der Waals surface area (Å²) >= 11 is 0. The number of methoxy groups -OCH3 is 1. The van der Waals surface area contributed by atoms with Crippen molar-refractivity contribution < 1.29 is 9.53 Å². The molecule has 0 spiro atoms. The summed E-state index contributed by atoms with van der Waals surface area (Å²) in [6.45, 7) is 7.34. The fourth-order valence-corrected chi connectivity index (χ4v) is 4.00. The molecule has 1 aromatic heterocycles. The minimum absolute atomic E-state index is 0.112. The van der Waals surface area contributed by atoms with Gasteiger partial charge in [-0.1, -0.05) is 49.4 Å². The minimum Gasteiger partial charge on any atom is -0.495 e. The van der Waals surface area contributed by atoms with Crippen LogP contribution in [-0.4, -0.2) is 60.1 Å². The standard InChI is InChI=1S/C23H27N3O2/c1-3-24-12-14-25(15-13-24)23(27)20-17-26(16-18-8-5-4-6-9-18)22-19(20)10-7-11-21(22)28-2/h4-11,17H,3,12-16H2,1-2H3. The van der Waals surface area contributed by atoms with Gasteiger partial charge in [-0.15, -0.1) is 0 Å². The molecule has 5 nitrogen and oxygen atoms in total. The minimum atomic E-state index is 0.112. The third kappa shape index (κ3) is 3.50. The zero-order chi connectivity index (χ0) is 19.5. The Kier molecular flexibility index (Phi) is 5.35. The number of nitrogens with zero attached hydrogens (tertiary/aromatic N) is 3. The Morgan fingerprint density at radius 1 is 1.00 bits per heavy atom. The van der Waals surface area contributed by atoms with Crippen LogP contribution in [0.1, 0.15) is 22.8 Å². The van der Waals surface area contributed by atoms with Gasteiger partial charge in [-0.25, -0.2) is 0 Å². The van der Waals surface area contributed by atoms with Gasteiger partial charge in [0.05, 0.1) is 18.2 Å². The highest BCUT2D eigenvalue weighted by Crippen LogP contribution is 2.31. The Bertz CT molecular complexity index is 957. The first-order valence-electron chi connectivity index (χ1n) is 9.92. The Labute approximate surface area is 166 Å². The average molecular weight is 377 g/mol. The van der Waals surface area contributed by atoms with Crippen molar-refractivity contribution in [2.75, 3.05) is 39.8 Å². The Morgan fingerprint density at radius 2 is 1.75 bits per heavy atom. The van der Waals surface area contributed by atoms with Crippen LogP contribution in [0.3, 0.4) is 0 Å². The molecule has 1 fully saturated rings. The van der Waals surface area contributed by atoms with E-state index in [1.54, 1.807) is 7.11 Å². The van der Waals surface area contributed by atoms with E-state index >= 15 is 0 Å². The van der Waals surface area contributed by atoms with Gasteiger partial charge in [0, 0.05) is 44.3 Å². The third-order valence-corrected chi connectivity index (χ3v) is 5.61. The maximum Gasteiger partial charge on any atom is 0.256 e. The molecule has 1 saturated heterocycles. The maximum atomic E-state index is 13.3. The summed E-state index contributed by atoms with van der Waals surface area (Å²) in [4.78, 5) is 17.7. The van der Waals surface area contributed by atoms with Gasteiger partial charge in [-0.05, 0) is 18.2 Å². The summed E-state index contributed by atoms with van der Waals surface area (Å²) in [6, 6.07) is 16.2. The predicted molar refractivity (Wildman–Crippen MR) is 112 cm³/mol. The van der Waals surface area contributed by atoms with Gasteiger partial charge in [-0.3, -0.25) is 4.79 Å². The van der Waals surface area contributed by atoms with Gasteiger partial charge in [0.2, 0.25) is 0 Å². The molecule has 2 heterocycles. The zero-order valence-corrected chi connectivity index (χ0v) is 16.6. The molecule has 5 heteroatoms. The van der Waals surface area contributed by atoms with Crippen LogP contribution in [-0.2, 0) is 6.54 Å². The van der Waals surface area contributed by atoms with E-state index in [2.05, 4.69) is 28.5 Å². The number of likely N-dealkylation sites (N-methyl/N-ethyl adjacent to an activating group) is 1. The first-order valence-corrected chi connectivity index (χ1v) is 9.92. The number of fused-ring (bicyclic) bond motifs is 1.